The van der Waals surface area contributed by atoms with Crippen molar-refractivity contribution < 1.29 is 9.47 Å². The molecule has 0 bridgehead atoms. The van der Waals surface area contributed by atoms with Crippen LogP contribution in [0, 0.1) is 0 Å². The molecule has 2 aromatic rings. The van der Waals surface area contributed by atoms with Gasteiger partial charge in [0.2, 0.25) is 0 Å². The molecule has 0 atom stereocenters. The van der Waals surface area contributed by atoms with Crippen LogP contribution in [0.2, 0.25) is 0 Å². The summed E-state index contributed by atoms with van der Waals surface area (Å²) in [6.45, 7) is 4.39. The molecule has 6 heteroatoms. The van der Waals surface area contributed by atoms with E-state index in [1.165, 1.54) is 0 Å². The molecular weight excluding hydrogens is 256 g/mol. The van der Waals surface area contributed by atoms with Crippen molar-refractivity contribution in [2.45, 2.75) is 26.4 Å². The molecule has 0 radical (unpaired) electrons. The smallest absolute Gasteiger partial charge is 0.119 e. The highest BCUT2D eigenvalue weighted by Crippen LogP contribution is 2.17. The lowest BCUT2D eigenvalue weighted by Crippen LogP contribution is -2.08. The summed E-state index contributed by atoms with van der Waals surface area (Å²) in [4.78, 5) is 0. The monoisotopic (exact) mass is 276 g/mol. The van der Waals surface area contributed by atoms with E-state index in [2.05, 4.69) is 17.2 Å². The second kappa shape index (κ2) is 7.49. The van der Waals surface area contributed by atoms with E-state index in [4.69, 9.17) is 15.2 Å². The van der Waals surface area contributed by atoms with Crippen molar-refractivity contribution in [2.24, 2.45) is 5.73 Å². The van der Waals surface area contributed by atoms with E-state index < -0.39 is 0 Å². The topological polar surface area (TPSA) is 75.2 Å². The largest absolute Gasteiger partial charge is 0.494 e. The SMILES string of the molecule is CCCOc1ccc(OCCn2cc(CN)nn2)cc1. The molecule has 0 aliphatic heterocycles. The van der Waals surface area contributed by atoms with Gasteiger partial charge in [0, 0.05) is 12.7 Å². The Kier molecular flexibility index (Phi) is 5.37. The summed E-state index contributed by atoms with van der Waals surface area (Å²) in [5, 5.41) is 7.87. The fourth-order valence-corrected chi connectivity index (χ4v) is 1.65. The van der Waals surface area contributed by atoms with Crippen molar-refractivity contribution in [3.63, 3.8) is 0 Å². The third kappa shape index (κ3) is 4.24. The van der Waals surface area contributed by atoms with E-state index in [0.717, 1.165) is 30.2 Å². The summed E-state index contributed by atoms with van der Waals surface area (Å²) in [6.07, 6.45) is 2.83. The quantitative estimate of drug-likeness (QED) is 0.792. The minimum absolute atomic E-state index is 0.403. The van der Waals surface area contributed by atoms with E-state index >= 15 is 0 Å². The number of benzene rings is 1. The zero-order chi connectivity index (χ0) is 14.2. The van der Waals surface area contributed by atoms with Gasteiger partial charge < -0.3 is 15.2 Å². The van der Waals surface area contributed by atoms with Crippen LogP contribution < -0.4 is 15.2 Å². The van der Waals surface area contributed by atoms with Crippen molar-refractivity contribution >= 4 is 0 Å². The van der Waals surface area contributed by atoms with Crippen LogP contribution in [0.4, 0.5) is 0 Å². The van der Waals surface area contributed by atoms with Gasteiger partial charge in [-0.25, -0.2) is 4.68 Å². The second-order valence-corrected chi connectivity index (χ2v) is 4.35. The zero-order valence-corrected chi connectivity index (χ0v) is 11.7. The third-order valence-corrected chi connectivity index (χ3v) is 2.68. The molecule has 0 spiro atoms. The molecule has 0 aliphatic rings. The molecule has 2 rings (SSSR count). The first-order valence-electron chi connectivity index (χ1n) is 6.76. The second-order valence-electron chi connectivity index (χ2n) is 4.35. The lowest BCUT2D eigenvalue weighted by Gasteiger charge is -2.08. The fourth-order valence-electron chi connectivity index (χ4n) is 1.65. The number of rotatable bonds is 8. The Morgan fingerprint density at radius 3 is 2.30 bits per heavy atom. The first-order chi connectivity index (χ1) is 9.81. The number of ether oxygens (including phenoxy) is 2. The number of aromatic nitrogens is 3. The standard InChI is InChI=1S/C14H20N4O2/c1-2-8-19-13-3-5-14(6-4-13)20-9-7-18-11-12(10-15)16-17-18/h3-6,11H,2,7-10,15H2,1H3. The fraction of sp³-hybridized carbons (Fsp3) is 0.429. The number of hydrogen-bond acceptors (Lipinski definition) is 5. The van der Waals surface area contributed by atoms with Gasteiger partial charge in [0.05, 0.1) is 18.8 Å². The lowest BCUT2D eigenvalue weighted by molar-refractivity contribution is 0.287. The molecule has 1 heterocycles. The maximum atomic E-state index is 5.64. The van der Waals surface area contributed by atoms with E-state index in [1.807, 2.05) is 30.5 Å². The van der Waals surface area contributed by atoms with Crippen molar-refractivity contribution in [1.82, 2.24) is 15.0 Å². The Hall–Kier alpha value is -2.08. The first kappa shape index (κ1) is 14.3. The van der Waals surface area contributed by atoms with Gasteiger partial charge in [-0.05, 0) is 30.7 Å². The van der Waals surface area contributed by atoms with Crippen LogP contribution in [0.5, 0.6) is 11.5 Å². The lowest BCUT2D eigenvalue weighted by atomic mass is 10.3. The minimum Gasteiger partial charge on any atom is -0.494 e. The highest BCUT2D eigenvalue weighted by atomic mass is 16.5. The Labute approximate surface area is 118 Å². The first-order valence-corrected chi connectivity index (χ1v) is 6.76. The number of nitrogens with two attached hydrogens (primary N) is 1. The molecule has 0 saturated heterocycles. The Morgan fingerprint density at radius 2 is 1.75 bits per heavy atom. The van der Waals surface area contributed by atoms with Crippen molar-refractivity contribution in [3.05, 3.63) is 36.2 Å². The normalized spacial score (nSPS) is 10.5. The van der Waals surface area contributed by atoms with Gasteiger partial charge in [-0.3, -0.25) is 0 Å². The Bertz CT molecular complexity index is 510. The van der Waals surface area contributed by atoms with Gasteiger partial charge in [0.25, 0.3) is 0 Å². The Morgan fingerprint density at radius 1 is 1.10 bits per heavy atom. The maximum absolute atomic E-state index is 5.64. The molecular formula is C14H20N4O2. The van der Waals surface area contributed by atoms with Crippen molar-refractivity contribution in [2.75, 3.05) is 13.2 Å². The van der Waals surface area contributed by atoms with Crippen molar-refractivity contribution in [1.29, 1.82) is 0 Å². The number of hydrogen-bond donors (Lipinski definition) is 1. The average Bonchev–Trinajstić information content (AvgIpc) is 2.94. The molecule has 1 aromatic heterocycles. The average molecular weight is 276 g/mol. The summed E-state index contributed by atoms with van der Waals surface area (Å²) < 4.78 is 12.9. The maximum Gasteiger partial charge on any atom is 0.119 e. The van der Waals surface area contributed by atoms with Crippen LogP contribution in [0.1, 0.15) is 19.0 Å². The third-order valence-electron chi connectivity index (χ3n) is 2.68. The molecule has 108 valence electrons. The van der Waals surface area contributed by atoms with Crippen molar-refractivity contribution in [3.8, 4) is 11.5 Å². The van der Waals surface area contributed by atoms with Gasteiger partial charge in [0.1, 0.15) is 18.1 Å². The Balaban J connectivity index is 1.76. The molecule has 6 nitrogen and oxygen atoms in total. The van der Waals surface area contributed by atoms with Crippen LogP contribution in [-0.4, -0.2) is 28.2 Å². The van der Waals surface area contributed by atoms with E-state index in [1.54, 1.807) is 4.68 Å². The summed E-state index contributed by atoms with van der Waals surface area (Å²) in [7, 11) is 0. The molecule has 1 aromatic carbocycles. The minimum atomic E-state index is 0.403. The summed E-state index contributed by atoms with van der Waals surface area (Å²) in [6, 6.07) is 7.62. The van der Waals surface area contributed by atoms with Crippen LogP contribution in [0.15, 0.2) is 30.5 Å². The summed E-state index contributed by atoms with van der Waals surface area (Å²) in [5.41, 5.74) is 6.25. The number of nitrogens with zero attached hydrogens (tertiary/aromatic N) is 3. The summed E-state index contributed by atoms with van der Waals surface area (Å²) in [5.74, 6) is 1.68. The highest BCUT2D eigenvalue weighted by molar-refractivity contribution is 5.31. The van der Waals surface area contributed by atoms with Crippen LogP contribution in [0.25, 0.3) is 0 Å². The predicted octanol–water partition coefficient (Wildman–Crippen LogP) is 1.60. The van der Waals surface area contributed by atoms with E-state index in [0.29, 0.717) is 19.7 Å². The van der Waals surface area contributed by atoms with Gasteiger partial charge in [-0.2, -0.15) is 0 Å². The zero-order valence-electron chi connectivity index (χ0n) is 11.7. The predicted molar refractivity (Wildman–Crippen MR) is 75.6 cm³/mol. The van der Waals surface area contributed by atoms with Crippen LogP contribution in [-0.2, 0) is 13.1 Å². The van der Waals surface area contributed by atoms with Gasteiger partial charge in [-0.1, -0.05) is 12.1 Å². The van der Waals surface area contributed by atoms with Crippen LogP contribution >= 0.6 is 0 Å². The summed E-state index contributed by atoms with van der Waals surface area (Å²) >= 11 is 0. The molecule has 0 fully saturated rings. The molecule has 0 saturated carbocycles. The molecule has 0 unspecified atom stereocenters. The molecule has 20 heavy (non-hydrogen) atoms. The molecule has 0 amide bonds. The van der Waals surface area contributed by atoms with Gasteiger partial charge >= 0.3 is 0 Å². The molecule has 2 N–H and O–H groups in total. The van der Waals surface area contributed by atoms with E-state index in [9.17, 15) is 0 Å². The van der Waals surface area contributed by atoms with Gasteiger partial charge in [-0.15, -0.1) is 5.10 Å². The van der Waals surface area contributed by atoms with E-state index in [-0.39, 0.29) is 0 Å². The highest BCUT2D eigenvalue weighted by Gasteiger charge is 2.00. The van der Waals surface area contributed by atoms with Crippen LogP contribution in [0.3, 0.4) is 0 Å². The molecule has 0 aliphatic carbocycles. The van der Waals surface area contributed by atoms with Gasteiger partial charge in [0.15, 0.2) is 0 Å².